The minimum Gasteiger partial charge on any atom is -0.440 e. The Kier molecular flexibility index (Phi) is 4.35. The first-order valence-electron chi connectivity index (χ1n) is 5.80. The van der Waals surface area contributed by atoms with Crippen LogP contribution >= 0.6 is 23.2 Å². The summed E-state index contributed by atoms with van der Waals surface area (Å²) >= 11 is 11.5. The summed E-state index contributed by atoms with van der Waals surface area (Å²) in [7, 11) is 0. The van der Waals surface area contributed by atoms with E-state index in [0.29, 0.717) is 24.3 Å². The maximum atomic E-state index is 11.7. The Bertz CT molecular complexity index is 392. The zero-order valence-electron chi connectivity index (χ0n) is 9.42. The monoisotopic (exact) mass is 275 g/mol. The molecule has 1 fully saturated rings. The summed E-state index contributed by atoms with van der Waals surface area (Å²) < 4.78 is 5.04. The van der Waals surface area contributed by atoms with Crippen LogP contribution in [0, 0.1) is 11.8 Å². The van der Waals surface area contributed by atoms with Gasteiger partial charge >= 0.3 is 0 Å². The smallest absolute Gasteiger partial charge is 0.287 e. The number of halogens is 2. The van der Waals surface area contributed by atoms with Gasteiger partial charge in [-0.05, 0) is 48.4 Å². The molecule has 1 aliphatic carbocycles. The van der Waals surface area contributed by atoms with Crippen LogP contribution in [0.5, 0.6) is 0 Å². The fraction of sp³-hybridized carbons (Fsp3) is 0.583. The van der Waals surface area contributed by atoms with Gasteiger partial charge in [-0.1, -0.05) is 6.42 Å². The van der Waals surface area contributed by atoms with Crippen LogP contribution in [-0.2, 0) is 0 Å². The first-order chi connectivity index (χ1) is 8.20. The summed E-state index contributed by atoms with van der Waals surface area (Å²) in [6.07, 6.45) is 3.50. The van der Waals surface area contributed by atoms with Gasteiger partial charge < -0.3 is 9.73 Å². The number of rotatable bonds is 4. The van der Waals surface area contributed by atoms with Gasteiger partial charge in [0, 0.05) is 12.4 Å². The zero-order chi connectivity index (χ0) is 12.3. The van der Waals surface area contributed by atoms with Gasteiger partial charge in [0.05, 0.1) is 0 Å². The summed E-state index contributed by atoms with van der Waals surface area (Å²) in [5.41, 5.74) is 0. The number of hydrogen-bond donors (Lipinski definition) is 1. The highest BCUT2D eigenvalue weighted by Gasteiger charge is 2.26. The van der Waals surface area contributed by atoms with Gasteiger partial charge in [0.1, 0.15) is 0 Å². The number of carbonyl (C=O) groups excluding carboxylic acids is 1. The van der Waals surface area contributed by atoms with Crippen LogP contribution in [-0.4, -0.2) is 18.3 Å². The van der Waals surface area contributed by atoms with Crippen LogP contribution in [0.4, 0.5) is 0 Å². The SMILES string of the molecule is O=C(NCC1CCCC1CCl)c1ccc(Cl)o1. The molecule has 3 nitrogen and oxygen atoms in total. The van der Waals surface area contributed by atoms with E-state index in [1.807, 2.05) is 0 Å². The molecule has 0 spiro atoms. The third-order valence-electron chi connectivity index (χ3n) is 3.34. The van der Waals surface area contributed by atoms with Gasteiger partial charge in [-0.15, -0.1) is 11.6 Å². The Morgan fingerprint density at radius 2 is 2.18 bits per heavy atom. The Hall–Kier alpha value is -0.670. The number of amides is 1. The highest BCUT2D eigenvalue weighted by Crippen LogP contribution is 2.32. The number of nitrogens with one attached hydrogen (secondary N) is 1. The van der Waals surface area contributed by atoms with Gasteiger partial charge in [0.25, 0.3) is 5.91 Å². The van der Waals surface area contributed by atoms with E-state index in [9.17, 15) is 4.79 Å². The maximum absolute atomic E-state index is 11.7. The second-order valence-electron chi connectivity index (χ2n) is 4.42. The molecule has 17 heavy (non-hydrogen) atoms. The molecule has 2 rings (SSSR count). The lowest BCUT2D eigenvalue weighted by atomic mass is 9.98. The molecule has 1 aliphatic rings. The van der Waals surface area contributed by atoms with E-state index in [-0.39, 0.29) is 16.9 Å². The first kappa shape index (κ1) is 12.8. The predicted octanol–water partition coefficient (Wildman–Crippen LogP) is 3.32. The van der Waals surface area contributed by atoms with Crippen molar-refractivity contribution >= 4 is 29.1 Å². The lowest BCUT2D eigenvalue weighted by Gasteiger charge is -2.17. The summed E-state index contributed by atoms with van der Waals surface area (Å²) in [6.45, 7) is 0.661. The van der Waals surface area contributed by atoms with E-state index in [4.69, 9.17) is 27.6 Å². The second-order valence-corrected chi connectivity index (χ2v) is 5.10. The van der Waals surface area contributed by atoms with E-state index in [1.165, 1.54) is 6.42 Å². The van der Waals surface area contributed by atoms with Crippen molar-refractivity contribution in [3.05, 3.63) is 23.1 Å². The number of alkyl halides is 1. The molecular formula is C12H15Cl2NO2. The third kappa shape index (κ3) is 3.17. The molecule has 1 aromatic rings. The topological polar surface area (TPSA) is 42.2 Å². The van der Waals surface area contributed by atoms with Crippen molar-refractivity contribution in [3.8, 4) is 0 Å². The Labute approximate surface area is 110 Å². The molecule has 1 amide bonds. The van der Waals surface area contributed by atoms with E-state index in [1.54, 1.807) is 12.1 Å². The molecule has 1 heterocycles. The molecule has 0 aromatic carbocycles. The van der Waals surface area contributed by atoms with E-state index in [2.05, 4.69) is 5.32 Å². The highest BCUT2D eigenvalue weighted by molar-refractivity contribution is 6.29. The van der Waals surface area contributed by atoms with Crippen LogP contribution in [0.2, 0.25) is 5.22 Å². The zero-order valence-corrected chi connectivity index (χ0v) is 10.9. The number of furan rings is 1. The molecule has 94 valence electrons. The molecular weight excluding hydrogens is 261 g/mol. The van der Waals surface area contributed by atoms with Crippen molar-refractivity contribution in [1.29, 1.82) is 0 Å². The molecule has 0 saturated heterocycles. The summed E-state index contributed by atoms with van der Waals surface area (Å²) in [5.74, 6) is 1.74. The third-order valence-corrected chi connectivity index (χ3v) is 3.94. The van der Waals surface area contributed by atoms with Crippen molar-refractivity contribution in [2.75, 3.05) is 12.4 Å². The second kappa shape index (κ2) is 5.78. The van der Waals surface area contributed by atoms with Crippen LogP contribution in [0.3, 0.4) is 0 Å². The Morgan fingerprint density at radius 3 is 2.82 bits per heavy atom. The van der Waals surface area contributed by atoms with E-state index < -0.39 is 0 Å². The lowest BCUT2D eigenvalue weighted by molar-refractivity contribution is 0.0917. The first-order valence-corrected chi connectivity index (χ1v) is 6.71. The fourth-order valence-electron chi connectivity index (χ4n) is 2.33. The van der Waals surface area contributed by atoms with Gasteiger partial charge in [0.2, 0.25) is 0 Å². The minimum atomic E-state index is -0.211. The normalized spacial score (nSPS) is 23.9. The Morgan fingerprint density at radius 1 is 1.41 bits per heavy atom. The van der Waals surface area contributed by atoms with Crippen LogP contribution in [0.25, 0.3) is 0 Å². The molecule has 1 N–H and O–H groups in total. The summed E-state index contributed by atoms with van der Waals surface area (Å²) in [6, 6.07) is 3.14. The highest BCUT2D eigenvalue weighted by atomic mass is 35.5. The van der Waals surface area contributed by atoms with E-state index >= 15 is 0 Å². The van der Waals surface area contributed by atoms with Crippen molar-refractivity contribution in [2.45, 2.75) is 19.3 Å². The lowest BCUT2D eigenvalue weighted by Crippen LogP contribution is -2.31. The minimum absolute atomic E-state index is 0.211. The molecule has 0 radical (unpaired) electrons. The van der Waals surface area contributed by atoms with Crippen molar-refractivity contribution in [1.82, 2.24) is 5.32 Å². The summed E-state index contributed by atoms with van der Waals surface area (Å²) in [5, 5.41) is 3.10. The fourth-order valence-corrected chi connectivity index (χ4v) is 2.89. The average molecular weight is 276 g/mol. The predicted molar refractivity (Wildman–Crippen MR) is 67.6 cm³/mol. The standard InChI is InChI=1S/C12H15Cl2NO2/c13-6-8-2-1-3-9(8)7-15-12(16)10-4-5-11(14)17-10/h4-5,8-9H,1-3,6-7H2,(H,15,16). The number of hydrogen-bond acceptors (Lipinski definition) is 2. The average Bonchev–Trinajstić information content (AvgIpc) is 2.94. The van der Waals surface area contributed by atoms with Gasteiger partial charge in [0.15, 0.2) is 11.0 Å². The van der Waals surface area contributed by atoms with Crippen molar-refractivity contribution < 1.29 is 9.21 Å². The largest absolute Gasteiger partial charge is 0.440 e. The van der Waals surface area contributed by atoms with Crippen LogP contribution < -0.4 is 5.32 Å². The van der Waals surface area contributed by atoms with Crippen molar-refractivity contribution in [2.24, 2.45) is 11.8 Å². The summed E-state index contributed by atoms with van der Waals surface area (Å²) in [4.78, 5) is 11.7. The molecule has 1 saturated carbocycles. The van der Waals surface area contributed by atoms with Crippen molar-refractivity contribution in [3.63, 3.8) is 0 Å². The quantitative estimate of drug-likeness (QED) is 0.857. The van der Waals surface area contributed by atoms with E-state index in [0.717, 1.165) is 12.8 Å². The maximum Gasteiger partial charge on any atom is 0.287 e. The van der Waals surface area contributed by atoms with Crippen LogP contribution in [0.15, 0.2) is 16.5 Å². The number of carbonyl (C=O) groups is 1. The van der Waals surface area contributed by atoms with Gasteiger partial charge in [-0.3, -0.25) is 4.79 Å². The van der Waals surface area contributed by atoms with Gasteiger partial charge in [-0.25, -0.2) is 0 Å². The molecule has 2 unspecified atom stereocenters. The van der Waals surface area contributed by atoms with Gasteiger partial charge in [-0.2, -0.15) is 0 Å². The molecule has 0 aliphatic heterocycles. The molecule has 5 heteroatoms. The van der Waals surface area contributed by atoms with Crippen LogP contribution in [0.1, 0.15) is 29.8 Å². The molecule has 0 bridgehead atoms. The Balaban J connectivity index is 1.84. The molecule has 1 aromatic heterocycles. The molecule has 2 atom stereocenters.